The fourth-order valence-corrected chi connectivity index (χ4v) is 5.24. The van der Waals surface area contributed by atoms with E-state index in [4.69, 9.17) is 8.83 Å². The maximum atomic E-state index is 13.3. The summed E-state index contributed by atoms with van der Waals surface area (Å²) in [4.78, 5) is 25.6. The second-order valence-corrected chi connectivity index (χ2v) is 9.13. The fraction of sp³-hybridized carbons (Fsp3) is 0.207. The first-order valence-corrected chi connectivity index (χ1v) is 12.4. The lowest BCUT2D eigenvalue weighted by atomic mass is 9.93. The molecule has 5 aromatic rings. The van der Waals surface area contributed by atoms with Gasteiger partial charge in [0.15, 0.2) is 11.5 Å². The summed E-state index contributed by atoms with van der Waals surface area (Å²) >= 11 is 0. The van der Waals surface area contributed by atoms with Gasteiger partial charge in [-0.3, -0.25) is 9.59 Å². The van der Waals surface area contributed by atoms with E-state index in [1.54, 1.807) is 12.1 Å². The molecule has 0 saturated heterocycles. The number of fused-ring (bicyclic) bond motifs is 4. The highest BCUT2D eigenvalue weighted by molar-refractivity contribution is 6.12. The van der Waals surface area contributed by atoms with E-state index in [1.165, 1.54) is 11.8 Å². The highest BCUT2D eigenvalue weighted by Gasteiger charge is 2.28. The van der Waals surface area contributed by atoms with Crippen LogP contribution in [0, 0.1) is 6.92 Å². The molecule has 0 radical (unpaired) electrons. The summed E-state index contributed by atoms with van der Waals surface area (Å²) in [5.41, 5.74) is 7.74. The number of nitrogens with one attached hydrogen (secondary N) is 2. The molecular weight excluding hydrogens is 468 g/mol. The minimum Gasteiger partial charge on any atom is -0.459 e. The number of hydrazone groups is 1. The van der Waals surface area contributed by atoms with E-state index in [0.29, 0.717) is 35.6 Å². The standard InChI is InChI=1S/C29H26N4O4/c1-3-33-22-10-5-4-8-19(22)20-16-18(13-14-23(20)33)30-29(35)27-17(2)26-21(9-6-11-24(26)37-27)31-32-28(34)25-12-7-15-36-25/h4-5,7-8,10,12-16H,3,6,9,11H2,1-2H3,(H,30,35)(H,32,34)/b31-21+. The van der Waals surface area contributed by atoms with Crippen molar-refractivity contribution in [3.8, 4) is 0 Å². The first-order chi connectivity index (χ1) is 18.0. The molecule has 8 heteroatoms. The third-order valence-electron chi connectivity index (χ3n) is 6.92. The van der Waals surface area contributed by atoms with Crippen LogP contribution in [0.2, 0.25) is 0 Å². The number of nitrogens with zero attached hydrogens (tertiary/aromatic N) is 2. The zero-order valence-electron chi connectivity index (χ0n) is 20.6. The van der Waals surface area contributed by atoms with E-state index in [0.717, 1.165) is 34.8 Å². The van der Waals surface area contributed by atoms with E-state index >= 15 is 0 Å². The normalized spacial score (nSPS) is 14.3. The predicted octanol–water partition coefficient (Wildman–Crippen LogP) is 6.03. The van der Waals surface area contributed by atoms with Crippen molar-refractivity contribution in [3.05, 3.63) is 89.3 Å². The molecule has 2 amide bonds. The van der Waals surface area contributed by atoms with E-state index < -0.39 is 5.91 Å². The van der Waals surface area contributed by atoms with Gasteiger partial charge in [0.25, 0.3) is 5.91 Å². The van der Waals surface area contributed by atoms with Gasteiger partial charge in [0.1, 0.15) is 5.76 Å². The van der Waals surface area contributed by atoms with Crippen LogP contribution in [-0.4, -0.2) is 22.1 Å². The van der Waals surface area contributed by atoms with Crippen LogP contribution in [0.1, 0.15) is 57.8 Å². The minimum absolute atomic E-state index is 0.184. The fourth-order valence-electron chi connectivity index (χ4n) is 5.24. The number of para-hydroxylation sites is 1. The molecule has 2 aromatic carbocycles. The van der Waals surface area contributed by atoms with Gasteiger partial charge in [0.05, 0.1) is 12.0 Å². The summed E-state index contributed by atoms with van der Waals surface area (Å²) in [6.45, 7) is 4.84. The molecule has 0 fully saturated rings. The third-order valence-corrected chi connectivity index (χ3v) is 6.92. The van der Waals surface area contributed by atoms with Crippen LogP contribution in [0.3, 0.4) is 0 Å². The molecule has 8 nitrogen and oxygen atoms in total. The van der Waals surface area contributed by atoms with Crippen molar-refractivity contribution >= 4 is 45.0 Å². The first-order valence-electron chi connectivity index (χ1n) is 12.4. The number of carbonyl (C=O) groups is 2. The van der Waals surface area contributed by atoms with Gasteiger partial charge in [-0.15, -0.1) is 0 Å². The number of rotatable bonds is 5. The second-order valence-electron chi connectivity index (χ2n) is 9.13. The van der Waals surface area contributed by atoms with Gasteiger partial charge in [0.2, 0.25) is 0 Å². The van der Waals surface area contributed by atoms with E-state index in [9.17, 15) is 9.59 Å². The smallest absolute Gasteiger partial charge is 0.307 e. The van der Waals surface area contributed by atoms with Crippen molar-refractivity contribution < 1.29 is 18.4 Å². The zero-order chi connectivity index (χ0) is 25.5. The molecule has 2 N–H and O–H groups in total. The Kier molecular flexibility index (Phi) is 5.64. The topological polar surface area (TPSA) is 102 Å². The summed E-state index contributed by atoms with van der Waals surface area (Å²) in [7, 11) is 0. The van der Waals surface area contributed by atoms with Gasteiger partial charge in [-0.25, -0.2) is 5.43 Å². The van der Waals surface area contributed by atoms with Crippen molar-refractivity contribution in [1.82, 2.24) is 9.99 Å². The number of hydrogen-bond acceptors (Lipinski definition) is 5. The third kappa shape index (κ3) is 3.91. The molecule has 3 aromatic heterocycles. The largest absolute Gasteiger partial charge is 0.459 e. The molecule has 3 heterocycles. The van der Waals surface area contributed by atoms with E-state index in [2.05, 4.69) is 39.5 Å². The number of amides is 2. The van der Waals surface area contributed by atoms with Gasteiger partial charge in [-0.05, 0) is 63.1 Å². The molecular formula is C29H26N4O4. The Balaban J connectivity index is 1.29. The molecule has 6 rings (SSSR count). The molecule has 1 aliphatic rings. The van der Waals surface area contributed by atoms with Crippen LogP contribution in [0.15, 0.2) is 74.8 Å². The predicted molar refractivity (Wildman–Crippen MR) is 142 cm³/mol. The molecule has 0 bridgehead atoms. The Morgan fingerprint density at radius 3 is 2.65 bits per heavy atom. The van der Waals surface area contributed by atoms with Crippen LogP contribution in [0.5, 0.6) is 0 Å². The monoisotopic (exact) mass is 494 g/mol. The van der Waals surface area contributed by atoms with Gasteiger partial charge in [-0.2, -0.15) is 5.10 Å². The average Bonchev–Trinajstić information content (AvgIpc) is 3.64. The number of hydrogen-bond donors (Lipinski definition) is 2. The van der Waals surface area contributed by atoms with Crippen molar-refractivity contribution in [2.75, 3.05) is 5.32 Å². The Bertz CT molecular complexity index is 1690. The Labute approximate surface area is 212 Å². The highest BCUT2D eigenvalue weighted by atomic mass is 16.4. The van der Waals surface area contributed by atoms with E-state index in [-0.39, 0.29) is 17.4 Å². The summed E-state index contributed by atoms with van der Waals surface area (Å²) < 4.78 is 13.4. The molecule has 0 spiro atoms. The maximum Gasteiger partial charge on any atom is 0.307 e. The lowest BCUT2D eigenvalue weighted by Gasteiger charge is -2.13. The van der Waals surface area contributed by atoms with Crippen LogP contribution >= 0.6 is 0 Å². The van der Waals surface area contributed by atoms with Crippen LogP contribution in [0.25, 0.3) is 21.8 Å². The number of benzene rings is 2. The quantitative estimate of drug-likeness (QED) is 0.291. The SMILES string of the molecule is CCn1c2ccccc2c2cc(NC(=O)c3oc4c(c3C)/C(=N/NC(=O)c3ccco3)CCC4)ccc21. The van der Waals surface area contributed by atoms with Gasteiger partial charge in [0, 0.05) is 51.6 Å². The van der Waals surface area contributed by atoms with Gasteiger partial charge < -0.3 is 18.7 Å². The number of carbonyl (C=O) groups excluding carboxylic acids is 2. The number of anilines is 1. The van der Waals surface area contributed by atoms with Crippen molar-refractivity contribution in [2.24, 2.45) is 5.10 Å². The lowest BCUT2D eigenvalue weighted by molar-refractivity contribution is 0.0926. The van der Waals surface area contributed by atoms with Crippen LogP contribution < -0.4 is 10.7 Å². The minimum atomic E-state index is -0.427. The van der Waals surface area contributed by atoms with Gasteiger partial charge >= 0.3 is 5.91 Å². The summed E-state index contributed by atoms with van der Waals surface area (Å²) in [5, 5.41) is 9.59. The number of aryl methyl sites for hydroxylation is 2. The van der Waals surface area contributed by atoms with Crippen molar-refractivity contribution in [2.45, 2.75) is 39.7 Å². The van der Waals surface area contributed by atoms with Crippen molar-refractivity contribution in [3.63, 3.8) is 0 Å². The van der Waals surface area contributed by atoms with Crippen LogP contribution in [-0.2, 0) is 13.0 Å². The summed E-state index contributed by atoms with van der Waals surface area (Å²) in [5.74, 6) is 0.408. The first kappa shape index (κ1) is 22.8. The molecule has 37 heavy (non-hydrogen) atoms. The second kappa shape index (κ2) is 9.13. The molecule has 186 valence electrons. The van der Waals surface area contributed by atoms with Crippen LogP contribution in [0.4, 0.5) is 5.69 Å². The van der Waals surface area contributed by atoms with Gasteiger partial charge in [-0.1, -0.05) is 18.2 Å². The van der Waals surface area contributed by atoms with E-state index in [1.807, 2.05) is 37.3 Å². The zero-order valence-corrected chi connectivity index (χ0v) is 20.6. The molecule has 0 saturated carbocycles. The maximum absolute atomic E-state index is 13.3. The Hall–Kier alpha value is -4.59. The average molecular weight is 495 g/mol. The molecule has 0 atom stereocenters. The Morgan fingerprint density at radius 2 is 1.84 bits per heavy atom. The summed E-state index contributed by atoms with van der Waals surface area (Å²) in [6.07, 6.45) is 3.63. The molecule has 0 aliphatic heterocycles. The summed E-state index contributed by atoms with van der Waals surface area (Å²) in [6, 6.07) is 17.5. The Morgan fingerprint density at radius 1 is 1.00 bits per heavy atom. The number of furan rings is 2. The highest BCUT2D eigenvalue weighted by Crippen LogP contribution is 2.33. The lowest BCUT2D eigenvalue weighted by Crippen LogP contribution is -2.21. The molecule has 0 unspecified atom stereocenters. The van der Waals surface area contributed by atoms with Crippen molar-refractivity contribution in [1.29, 1.82) is 0 Å². The molecule has 1 aliphatic carbocycles. The number of aromatic nitrogens is 1.